The number of nitrogens with two attached hydrogens (primary N) is 1. The number of likely N-dealkylation sites (tertiary alicyclic amines) is 1. The maximum atomic E-state index is 6.15. The van der Waals surface area contributed by atoms with Gasteiger partial charge in [0.25, 0.3) is 0 Å². The molecule has 1 aliphatic heterocycles. The summed E-state index contributed by atoms with van der Waals surface area (Å²) in [7, 11) is 2.10. The smallest absolute Gasteiger partial charge is 0.227 e. The Morgan fingerprint density at radius 1 is 1.12 bits per heavy atom. The fourth-order valence-electron chi connectivity index (χ4n) is 3.74. The summed E-state index contributed by atoms with van der Waals surface area (Å²) in [5.41, 5.74) is 8.68. The van der Waals surface area contributed by atoms with Crippen molar-refractivity contribution in [1.29, 1.82) is 0 Å². The van der Waals surface area contributed by atoms with Crippen LogP contribution in [0, 0.1) is 0 Å². The lowest BCUT2D eigenvalue weighted by molar-refractivity contribution is 0.203. The number of anilines is 2. The van der Waals surface area contributed by atoms with Gasteiger partial charge in [0.1, 0.15) is 5.82 Å². The summed E-state index contributed by atoms with van der Waals surface area (Å²) < 4.78 is 0. The van der Waals surface area contributed by atoms with Crippen LogP contribution in [0.5, 0.6) is 0 Å². The highest BCUT2D eigenvalue weighted by Crippen LogP contribution is 2.42. The Hall–Kier alpha value is -2.14. The van der Waals surface area contributed by atoms with Gasteiger partial charge in [-0.05, 0) is 37.2 Å². The van der Waals surface area contributed by atoms with Crippen molar-refractivity contribution in [3.8, 4) is 0 Å². The zero-order chi connectivity index (χ0) is 17.2. The predicted molar refractivity (Wildman–Crippen MR) is 102 cm³/mol. The van der Waals surface area contributed by atoms with E-state index in [1.54, 1.807) is 0 Å². The first-order valence-electron chi connectivity index (χ1n) is 9.32. The molecule has 0 atom stereocenters. The number of hydrogen-bond acceptors (Lipinski definition) is 5. The molecule has 25 heavy (non-hydrogen) atoms. The average molecular weight is 337 g/mol. The van der Waals surface area contributed by atoms with Gasteiger partial charge in [-0.15, -0.1) is 0 Å². The molecule has 2 N–H and O–H groups in total. The molecule has 1 saturated carbocycles. The Morgan fingerprint density at radius 3 is 2.48 bits per heavy atom. The second kappa shape index (κ2) is 7.00. The maximum absolute atomic E-state index is 6.15. The Bertz CT molecular complexity index is 705. The summed E-state index contributed by atoms with van der Waals surface area (Å²) in [4.78, 5) is 13.9. The molecule has 1 aliphatic carbocycles. The molecule has 1 saturated heterocycles. The fraction of sp³-hybridized carbons (Fsp3) is 0.500. The summed E-state index contributed by atoms with van der Waals surface area (Å²) >= 11 is 0. The molecule has 1 aromatic heterocycles. The number of nitrogens with zero attached hydrogens (tertiary/aromatic N) is 4. The van der Waals surface area contributed by atoms with Gasteiger partial charge in [0.05, 0.1) is 0 Å². The molecule has 0 amide bonds. The quantitative estimate of drug-likeness (QED) is 0.909. The minimum Gasteiger partial charge on any atom is -0.383 e. The molecule has 0 spiro atoms. The largest absolute Gasteiger partial charge is 0.383 e. The Kier molecular flexibility index (Phi) is 4.57. The van der Waals surface area contributed by atoms with Crippen LogP contribution in [0.3, 0.4) is 0 Å². The third-order valence-electron chi connectivity index (χ3n) is 5.52. The van der Waals surface area contributed by atoms with Crippen LogP contribution in [0.15, 0.2) is 36.5 Å². The minimum absolute atomic E-state index is 0.484. The molecular formula is C20H27N5. The molecule has 1 aromatic carbocycles. The third kappa shape index (κ3) is 3.76. The van der Waals surface area contributed by atoms with Gasteiger partial charge in [0, 0.05) is 44.5 Å². The van der Waals surface area contributed by atoms with E-state index >= 15 is 0 Å². The van der Waals surface area contributed by atoms with Crippen molar-refractivity contribution < 1.29 is 0 Å². The summed E-state index contributed by atoms with van der Waals surface area (Å²) in [5.74, 6) is 2.03. The van der Waals surface area contributed by atoms with Gasteiger partial charge in [-0.2, -0.15) is 4.98 Å². The van der Waals surface area contributed by atoms with E-state index in [2.05, 4.69) is 57.1 Å². The van der Waals surface area contributed by atoms with Crippen LogP contribution in [0.1, 0.15) is 42.7 Å². The van der Waals surface area contributed by atoms with Crippen molar-refractivity contribution >= 4 is 11.8 Å². The highest BCUT2D eigenvalue weighted by atomic mass is 15.3. The second-order valence-electron chi connectivity index (χ2n) is 7.39. The lowest BCUT2D eigenvalue weighted by Crippen LogP contribution is -2.43. The molecular weight excluding hydrogens is 310 g/mol. The van der Waals surface area contributed by atoms with Crippen molar-refractivity contribution in [3.63, 3.8) is 0 Å². The maximum Gasteiger partial charge on any atom is 0.227 e. The van der Waals surface area contributed by atoms with Gasteiger partial charge in [-0.25, -0.2) is 4.98 Å². The first-order chi connectivity index (χ1) is 12.2. The molecule has 2 aliphatic rings. The number of benzene rings is 1. The first kappa shape index (κ1) is 16.3. The number of hydrogen-bond donors (Lipinski definition) is 1. The summed E-state index contributed by atoms with van der Waals surface area (Å²) in [6.45, 7) is 3.26. The van der Waals surface area contributed by atoms with Crippen molar-refractivity contribution in [2.75, 3.05) is 30.8 Å². The van der Waals surface area contributed by atoms with E-state index in [0.717, 1.165) is 44.0 Å². The van der Waals surface area contributed by atoms with E-state index in [9.17, 15) is 0 Å². The fourth-order valence-corrected chi connectivity index (χ4v) is 3.74. The number of nitrogen functional groups attached to an aromatic ring is 1. The van der Waals surface area contributed by atoms with Crippen LogP contribution in [-0.4, -0.2) is 41.0 Å². The molecule has 132 valence electrons. The van der Waals surface area contributed by atoms with Gasteiger partial charge in [-0.1, -0.05) is 30.3 Å². The molecule has 5 nitrogen and oxygen atoms in total. The molecule has 2 heterocycles. The van der Waals surface area contributed by atoms with Gasteiger partial charge in [0.15, 0.2) is 0 Å². The van der Waals surface area contributed by atoms with Crippen molar-refractivity contribution in [2.24, 2.45) is 0 Å². The highest BCUT2D eigenvalue weighted by Gasteiger charge is 2.28. The highest BCUT2D eigenvalue weighted by molar-refractivity contribution is 5.47. The van der Waals surface area contributed by atoms with E-state index in [1.165, 1.54) is 18.4 Å². The second-order valence-corrected chi connectivity index (χ2v) is 7.39. The number of rotatable bonds is 5. The zero-order valence-electron chi connectivity index (χ0n) is 14.9. The van der Waals surface area contributed by atoms with Crippen LogP contribution >= 0.6 is 0 Å². The van der Waals surface area contributed by atoms with E-state index < -0.39 is 0 Å². The van der Waals surface area contributed by atoms with Gasteiger partial charge in [-0.3, -0.25) is 4.90 Å². The number of aromatic nitrogens is 2. The van der Waals surface area contributed by atoms with Crippen LogP contribution in [0.4, 0.5) is 11.8 Å². The topological polar surface area (TPSA) is 58.3 Å². The molecule has 0 bridgehead atoms. The van der Waals surface area contributed by atoms with Crippen LogP contribution in [0.25, 0.3) is 0 Å². The van der Waals surface area contributed by atoms with Gasteiger partial charge >= 0.3 is 0 Å². The normalized spacial score (nSPS) is 19.1. The SMILES string of the molecule is CN(c1ncc(C2CC2)c(N)n1)C1CCN(Cc2ccccc2)CC1. The Morgan fingerprint density at radius 2 is 1.84 bits per heavy atom. The lowest BCUT2D eigenvalue weighted by Gasteiger charge is -2.36. The molecule has 5 heteroatoms. The molecule has 2 aromatic rings. The summed E-state index contributed by atoms with van der Waals surface area (Å²) in [6, 6.07) is 11.2. The summed E-state index contributed by atoms with van der Waals surface area (Å²) in [5, 5.41) is 0. The van der Waals surface area contributed by atoms with Crippen LogP contribution in [0.2, 0.25) is 0 Å². The molecule has 4 rings (SSSR count). The first-order valence-corrected chi connectivity index (χ1v) is 9.32. The van der Waals surface area contributed by atoms with Crippen molar-refractivity contribution in [2.45, 2.75) is 44.2 Å². The Balaban J connectivity index is 1.34. The predicted octanol–water partition coefficient (Wildman–Crippen LogP) is 3.04. The summed E-state index contributed by atoms with van der Waals surface area (Å²) in [6.07, 6.45) is 6.66. The molecule has 0 unspecified atom stereocenters. The van der Waals surface area contributed by atoms with Crippen molar-refractivity contribution in [1.82, 2.24) is 14.9 Å². The van der Waals surface area contributed by atoms with Crippen LogP contribution < -0.4 is 10.6 Å². The molecule has 0 radical (unpaired) electrons. The molecule has 2 fully saturated rings. The zero-order valence-corrected chi connectivity index (χ0v) is 14.9. The number of piperidine rings is 1. The third-order valence-corrected chi connectivity index (χ3v) is 5.52. The van der Waals surface area contributed by atoms with E-state index in [4.69, 9.17) is 5.73 Å². The Labute approximate surface area is 149 Å². The van der Waals surface area contributed by atoms with E-state index in [-0.39, 0.29) is 0 Å². The van der Waals surface area contributed by atoms with Gasteiger partial charge < -0.3 is 10.6 Å². The van der Waals surface area contributed by atoms with E-state index in [1.807, 2.05) is 6.20 Å². The van der Waals surface area contributed by atoms with Gasteiger partial charge in [0.2, 0.25) is 5.95 Å². The van der Waals surface area contributed by atoms with Crippen LogP contribution in [-0.2, 0) is 6.54 Å². The van der Waals surface area contributed by atoms with Crippen molar-refractivity contribution in [3.05, 3.63) is 47.7 Å². The van der Waals surface area contributed by atoms with E-state index in [0.29, 0.717) is 17.8 Å². The lowest BCUT2D eigenvalue weighted by atomic mass is 10.0. The monoisotopic (exact) mass is 337 g/mol. The minimum atomic E-state index is 0.484. The average Bonchev–Trinajstić information content (AvgIpc) is 3.47. The standard InChI is InChI=1S/C20H27N5/c1-24(20-22-13-18(16-7-8-16)19(21)23-20)17-9-11-25(12-10-17)14-15-5-3-2-4-6-15/h2-6,13,16-17H,7-12,14H2,1H3,(H2,21,22,23).